The summed E-state index contributed by atoms with van der Waals surface area (Å²) >= 11 is 2.63. The number of allylic oxidation sites excluding steroid dienone is 1. The number of aromatic amines is 1. The molecular weight excluding hydrogens is 398 g/mol. The number of carbonyl (C=O) groups is 1. The van der Waals surface area contributed by atoms with Crippen LogP contribution in [0, 0.1) is 13.8 Å². The molecule has 1 atom stereocenters. The molecule has 3 aromatic rings. The van der Waals surface area contributed by atoms with Crippen LogP contribution in [0.4, 0.5) is 0 Å². The molecule has 0 fully saturated rings. The van der Waals surface area contributed by atoms with Gasteiger partial charge in [0.2, 0.25) is 0 Å². The Labute approximate surface area is 170 Å². The van der Waals surface area contributed by atoms with E-state index in [2.05, 4.69) is 26.7 Å². The molecule has 0 aliphatic heterocycles. The molecule has 0 saturated carbocycles. The monoisotopic (exact) mass is 419 g/mol. The molecule has 1 N–H and O–H groups in total. The average Bonchev–Trinajstić information content (AvgIpc) is 3.17. The van der Waals surface area contributed by atoms with Crippen LogP contribution in [0.25, 0.3) is 10.2 Å². The van der Waals surface area contributed by atoms with Gasteiger partial charge in [-0.2, -0.15) is 0 Å². The maximum Gasteiger partial charge on any atom is 0.348 e. The van der Waals surface area contributed by atoms with Crippen LogP contribution in [0.5, 0.6) is 0 Å². The van der Waals surface area contributed by atoms with E-state index in [1.165, 1.54) is 23.1 Å². The zero-order chi connectivity index (χ0) is 20.4. The summed E-state index contributed by atoms with van der Waals surface area (Å²) in [6.45, 7) is 11.9. The number of hydrogen-bond donors (Lipinski definition) is 1. The summed E-state index contributed by atoms with van der Waals surface area (Å²) in [6.07, 6.45) is 1.78. The Morgan fingerprint density at radius 3 is 2.86 bits per heavy atom. The van der Waals surface area contributed by atoms with Crippen molar-refractivity contribution < 1.29 is 9.53 Å². The largest absolute Gasteiger partial charge is 0.462 e. The highest BCUT2D eigenvalue weighted by Crippen LogP contribution is 2.34. The van der Waals surface area contributed by atoms with Crippen molar-refractivity contribution >= 4 is 39.3 Å². The van der Waals surface area contributed by atoms with E-state index in [9.17, 15) is 9.59 Å². The molecule has 0 saturated heterocycles. The lowest BCUT2D eigenvalue weighted by Crippen LogP contribution is -2.13. The van der Waals surface area contributed by atoms with Gasteiger partial charge >= 0.3 is 5.97 Å². The van der Waals surface area contributed by atoms with Gasteiger partial charge in [-0.25, -0.2) is 9.78 Å². The maximum atomic E-state index is 12.6. The predicted octanol–water partition coefficient (Wildman–Crippen LogP) is 3.41. The quantitative estimate of drug-likeness (QED) is 0.356. The molecule has 3 rings (SSSR count). The normalized spacial score (nSPS) is 12.3. The fraction of sp³-hybridized carbons (Fsp3) is 0.389. The lowest BCUT2D eigenvalue weighted by atomic mass is 10.2. The van der Waals surface area contributed by atoms with Crippen molar-refractivity contribution in [1.29, 1.82) is 0 Å². The number of thioether (sulfide) groups is 1. The van der Waals surface area contributed by atoms with Crippen LogP contribution < -0.4 is 5.56 Å². The first kappa shape index (κ1) is 20.3. The molecule has 0 aliphatic rings. The van der Waals surface area contributed by atoms with Gasteiger partial charge in [-0.3, -0.25) is 4.79 Å². The van der Waals surface area contributed by atoms with Gasteiger partial charge in [0.25, 0.3) is 5.56 Å². The topological polar surface area (TPSA) is 103 Å². The molecule has 0 radical (unpaired) electrons. The summed E-state index contributed by atoms with van der Waals surface area (Å²) < 4.78 is 7.02. The number of aryl methyl sites for hydroxylation is 2. The van der Waals surface area contributed by atoms with Crippen molar-refractivity contribution in [3.63, 3.8) is 0 Å². The minimum absolute atomic E-state index is 0.169. The first-order valence-corrected chi connectivity index (χ1v) is 10.4. The zero-order valence-electron chi connectivity index (χ0n) is 16.1. The van der Waals surface area contributed by atoms with E-state index in [1.807, 2.05) is 18.4 Å². The SMILES string of the molecule is C=CCn1c(C)nnc1S[C@H](C)c1nc2sc(C(=O)OCC)c(C)c2c(=O)[nH]1. The van der Waals surface area contributed by atoms with E-state index in [0.29, 0.717) is 33.0 Å². The zero-order valence-corrected chi connectivity index (χ0v) is 17.7. The van der Waals surface area contributed by atoms with Crippen molar-refractivity contribution in [2.75, 3.05) is 6.61 Å². The third kappa shape index (κ3) is 3.74. The lowest BCUT2D eigenvalue weighted by Gasteiger charge is -2.11. The molecular formula is C18H21N5O3S2. The smallest absolute Gasteiger partial charge is 0.348 e. The fourth-order valence-corrected chi connectivity index (χ4v) is 4.79. The van der Waals surface area contributed by atoms with Crippen LogP contribution in [0.2, 0.25) is 0 Å². The van der Waals surface area contributed by atoms with Crippen molar-refractivity contribution in [2.24, 2.45) is 0 Å². The number of fused-ring (bicyclic) bond motifs is 1. The predicted molar refractivity (Wildman–Crippen MR) is 110 cm³/mol. The number of nitrogens with one attached hydrogen (secondary N) is 1. The number of carbonyl (C=O) groups excluding carboxylic acids is 1. The number of hydrogen-bond acceptors (Lipinski definition) is 8. The summed E-state index contributed by atoms with van der Waals surface area (Å²) in [7, 11) is 0. The van der Waals surface area contributed by atoms with E-state index in [-0.39, 0.29) is 17.4 Å². The van der Waals surface area contributed by atoms with Gasteiger partial charge in [0.1, 0.15) is 21.4 Å². The van der Waals surface area contributed by atoms with Crippen molar-refractivity contribution in [3.05, 3.63) is 45.1 Å². The van der Waals surface area contributed by atoms with Gasteiger partial charge in [-0.1, -0.05) is 17.8 Å². The lowest BCUT2D eigenvalue weighted by molar-refractivity contribution is 0.0531. The summed E-state index contributed by atoms with van der Waals surface area (Å²) in [5, 5.41) is 9.29. The highest BCUT2D eigenvalue weighted by Gasteiger charge is 2.22. The van der Waals surface area contributed by atoms with Crippen molar-refractivity contribution in [1.82, 2.24) is 24.7 Å². The minimum atomic E-state index is -0.431. The Bertz CT molecular complexity index is 1100. The van der Waals surface area contributed by atoms with Gasteiger partial charge in [0.15, 0.2) is 5.16 Å². The van der Waals surface area contributed by atoms with Crippen LogP contribution in [0.1, 0.15) is 46.0 Å². The highest BCUT2D eigenvalue weighted by atomic mass is 32.2. The first-order chi connectivity index (χ1) is 13.4. The highest BCUT2D eigenvalue weighted by molar-refractivity contribution is 7.99. The second-order valence-electron chi connectivity index (χ2n) is 6.10. The first-order valence-electron chi connectivity index (χ1n) is 8.75. The Balaban J connectivity index is 1.96. The van der Waals surface area contributed by atoms with Crippen molar-refractivity contribution in [2.45, 2.75) is 44.6 Å². The number of aromatic nitrogens is 5. The van der Waals surface area contributed by atoms with Gasteiger partial charge < -0.3 is 14.3 Å². The number of nitrogens with zero attached hydrogens (tertiary/aromatic N) is 4. The number of ether oxygens (including phenoxy) is 1. The maximum absolute atomic E-state index is 12.6. The fourth-order valence-electron chi connectivity index (χ4n) is 2.75. The third-order valence-corrected chi connectivity index (χ3v) is 6.42. The molecule has 0 spiro atoms. The number of rotatable bonds is 7. The molecule has 0 aromatic carbocycles. The Morgan fingerprint density at radius 2 is 2.18 bits per heavy atom. The van der Waals surface area contributed by atoms with E-state index in [1.54, 1.807) is 19.9 Å². The summed E-state index contributed by atoms with van der Waals surface area (Å²) in [5.74, 6) is 0.879. The van der Waals surface area contributed by atoms with Gasteiger partial charge in [0, 0.05) is 6.54 Å². The third-order valence-electron chi connectivity index (χ3n) is 4.16. The Kier molecular flexibility index (Phi) is 5.99. The van der Waals surface area contributed by atoms with Crippen molar-refractivity contribution in [3.8, 4) is 0 Å². The minimum Gasteiger partial charge on any atom is -0.462 e. The van der Waals surface area contributed by atoms with E-state index in [4.69, 9.17) is 4.74 Å². The molecule has 0 amide bonds. The molecule has 10 heteroatoms. The van der Waals surface area contributed by atoms with Gasteiger partial charge in [-0.15, -0.1) is 28.1 Å². The van der Waals surface area contributed by atoms with Gasteiger partial charge in [0.05, 0.1) is 17.2 Å². The summed E-state index contributed by atoms with van der Waals surface area (Å²) in [5.41, 5.74) is 0.334. The molecule has 0 unspecified atom stereocenters. The van der Waals surface area contributed by atoms with Crippen LogP contribution >= 0.6 is 23.1 Å². The molecule has 148 valence electrons. The Hall–Kier alpha value is -2.46. The molecule has 3 aromatic heterocycles. The molecule has 0 aliphatic carbocycles. The molecule has 8 nitrogen and oxygen atoms in total. The van der Waals surface area contributed by atoms with Crippen LogP contribution in [0.3, 0.4) is 0 Å². The summed E-state index contributed by atoms with van der Waals surface area (Å²) in [4.78, 5) is 33.1. The van der Waals surface area contributed by atoms with E-state index in [0.717, 1.165) is 11.0 Å². The number of H-pyrrole nitrogens is 1. The number of esters is 1. The van der Waals surface area contributed by atoms with Crippen LogP contribution in [-0.4, -0.2) is 37.3 Å². The molecule has 3 heterocycles. The van der Waals surface area contributed by atoms with E-state index >= 15 is 0 Å². The van der Waals surface area contributed by atoms with Crippen LogP contribution in [0.15, 0.2) is 22.6 Å². The average molecular weight is 420 g/mol. The second-order valence-corrected chi connectivity index (χ2v) is 8.40. The second kappa shape index (κ2) is 8.27. The van der Waals surface area contributed by atoms with Gasteiger partial charge in [-0.05, 0) is 33.3 Å². The van der Waals surface area contributed by atoms with E-state index < -0.39 is 5.97 Å². The molecule has 0 bridgehead atoms. The van der Waals surface area contributed by atoms with Crippen LogP contribution in [-0.2, 0) is 11.3 Å². The Morgan fingerprint density at radius 1 is 1.43 bits per heavy atom. The summed E-state index contributed by atoms with van der Waals surface area (Å²) in [6, 6.07) is 0. The molecule has 28 heavy (non-hydrogen) atoms. The number of thiophene rings is 1. The standard InChI is InChI=1S/C18H21N5O3S2/c1-6-8-23-11(5)21-22-18(23)27-10(4)14-19-15(24)12-9(3)13(17(25)26-7-2)28-16(12)20-14/h6,10H,1,7-8H2,2-5H3,(H,19,20,24)/t10-/m1/s1.